The Morgan fingerprint density at radius 3 is 1.94 bits per heavy atom. The highest BCUT2D eigenvalue weighted by molar-refractivity contribution is 7.81. The third-order valence-electron chi connectivity index (χ3n) is 1.38. The molecule has 0 bridgehead atoms. The lowest BCUT2D eigenvalue weighted by atomic mass is 10.3. The molecule has 0 spiro atoms. The zero-order chi connectivity index (χ0) is 13.3. The molecule has 0 saturated carbocycles. The van der Waals surface area contributed by atoms with Gasteiger partial charge in [-0.05, 0) is 12.1 Å². The standard InChI is InChI=1S/C6H7NO8S2/c7-5-3-4(14-16(8,9)10)1-2-6(5)15-17(11,12)13/h1-3H,7H2,(H,8,9,10)(H,11,12,13). The first-order valence-corrected chi connectivity index (χ1v) is 6.53. The van der Waals surface area contributed by atoms with Crippen LogP contribution in [0.2, 0.25) is 0 Å². The molecular weight excluding hydrogens is 278 g/mol. The zero-order valence-corrected chi connectivity index (χ0v) is 9.60. The summed E-state index contributed by atoms with van der Waals surface area (Å²) < 4.78 is 66.3. The predicted octanol–water partition coefficient (Wildman–Crippen LogP) is -0.368. The van der Waals surface area contributed by atoms with Crippen molar-refractivity contribution < 1.29 is 34.3 Å². The summed E-state index contributed by atoms with van der Waals surface area (Å²) in [5.41, 5.74) is 4.97. The van der Waals surface area contributed by atoms with Crippen LogP contribution in [0.25, 0.3) is 0 Å². The smallest absolute Gasteiger partial charge is 0.396 e. The second-order valence-corrected chi connectivity index (χ2v) is 4.77. The average molecular weight is 285 g/mol. The highest BCUT2D eigenvalue weighted by atomic mass is 32.3. The van der Waals surface area contributed by atoms with Crippen LogP contribution in [0, 0.1) is 0 Å². The van der Waals surface area contributed by atoms with Gasteiger partial charge in [-0.3, -0.25) is 9.11 Å². The van der Waals surface area contributed by atoms with Gasteiger partial charge in [-0.15, -0.1) is 0 Å². The summed E-state index contributed by atoms with van der Waals surface area (Å²) in [6.07, 6.45) is 0. The molecule has 0 aliphatic rings. The number of rotatable bonds is 4. The maximum absolute atomic E-state index is 10.4. The Morgan fingerprint density at radius 2 is 1.53 bits per heavy atom. The fraction of sp³-hybridized carbons (Fsp3) is 0. The van der Waals surface area contributed by atoms with Crippen molar-refractivity contribution in [1.29, 1.82) is 0 Å². The molecule has 11 heteroatoms. The number of nitrogen functional groups attached to an aromatic ring is 1. The van der Waals surface area contributed by atoms with Gasteiger partial charge in [0.1, 0.15) is 5.75 Å². The van der Waals surface area contributed by atoms with E-state index in [1.54, 1.807) is 0 Å². The molecule has 0 unspecified atom stereocenters. The minimum atomic E-state index is -4.74. The molecule has 0 aromatic heterocycles. The zero-order valence-electron chi connectivity index (χ0n) is 7.97. The predicted molar refractivity (Wildman–Crippen MR) is 55.2 cm³/mol. The second kappa shape index (κ2) is 4.37. The van der Waals surface area contributed by atoms with Crippen molar-refractivity contribution in [1.82, 2.24) is 0 Å². The third-order valence-corrected chi connectivity index (χ3v) is 2.17. The van der Waals surface area contributed by atoms with Crippen LogP contribution in [0.5, 0.6) is 11.5 Å². The van der Waals surface area contributed by atoms with Gasteiger partial charge in [0.2, 0.25) is 0 Å². The van der Waals surface area contributed by atoms with E-state index in [1.807, 2.05) is 0 Å². The summed E-state index contributed by atoms with van der Waals surface area (Å²) in [7, 11) is -9.44. The molecule has 0 radical (unpaired) electrons. The van der Waals surface area contributed by atoms with Crippen molar-refractivity contribution in [2.45, 2.75) is 0 Å². The topological polar surface area (TPSA) is 153 Å². The molecular formula is C6H7NO8S2. The van der Waals surface area contributed by atoms with Crippen molar-refractivity contribution in [2.75, 3.05) is 5.73 Å². The monoisotopic (exact) mass is 285 g/mol. The number of hydrogen-bond acceptors (Lipinski definition) is 7. The van der Waals surface area contributed by atoms with Gasteiger partial charge in [0.05, 0.1) is 5.69 Å². The molecule has 9 nitrogen and oxygen atoms in total. The van der Waals surface area contributed by atoms with Crippen molar-refractivity contribution in [2.24, 2.45) is 0 Å². The first-order chi connectivity index (χ1) is 7.57. The van der Waals surface area contributed by atoms with E-state index in [1.165, 1.54) is 0 Å². The minimum Gasteiger partial charge on any atom is -0.396 e. The van der Waals surface area contributed by atoms with E-state index in [0.717, 1.165) is 18.2 Å². The summed E-state index contributed by atoms with van der Waals surface area (Å²) in [4.78, 5) is 0. The van der Waals surface area contributed by atoms with Gasteiger partial charge in [0.25, 0.3) is 0 Å². The maximum atomic E-state index is 10.4. The van der Waals surface area contributed by atoms with Crippen molar-refractivity contribution in [3.8, 4) is 11.5 Å². The fourth-order valence-electron chi connectivity index (χ4n) is 0.889. The van der Waals surface area contributed by atoms with Crippen molar-refractivity contribution in [3.05, 3.63) is 18.2 Å². The summed E-state index contributed by atoms with van der Waals surface area (Å²) in [5, 5.41) is 0. The van der Waals surface area contributed by atoms with Gasteiger partial charge < -0.3 is 14.1 Å². The molecule has 0 saturated heterocycles. The molecule has 0 aliphatic heterocycles. The highest BCUT2D eigenvalue weighted by Gasteiger charge is 2.13. The first-order valence-electron chi connectivity index (χ1n) is 3.80. The van der Waals surface area contributed by atoms with Crippen molar-refractivity contribution in [3.63, 3.8) is 0 Å². The van der Waals surface area contributed by atoms with Crippen LogP contribution in [0.15, 0.2) is 18.2 Å². The van der Waals surface area contributed by atoms with Gasteiger partial charge in [-0.1, -0.05) is 0 Å². The molecule has 96 valence electrons. The molecule has 1 rings (SSSR count). The fourth-order valence-corrected chi connectivity index (χ4v) is 1.61. The molecule has 4 N–H and O–H groups in total. The van der Waals surface area contributed by atoms with Gasteiger partial charge in [0, 0.05) is 6.07 Å². The number of benzene rings is 1. The molecule has 17 heavy (non-hydrogen) atoms. The Balaban J connectivity index is 3.02. The van der Waals surface area contributed by atoms with Crippen LogP contribution in [-0.4, -0.2) is 25.9 Å². The first kappa shape index (κ1) is 13.5. The van der Waals surface area contributed by atoms with Crippen LogP contribution in [-0.2, 0) is 20.8 Å². The normalized spacial score (nSPS) is 12.1. The molecule has 0 atom stereocenters. The van der Waals surface area contributed by atoms with Crippen LogP contribution in [0.1, 0.15) is 0 Å². The maximum Gasteiger partial charge on any atom is 0.446 e. The summed E-state index contributed by atoms with van der Waals surface area (Å²) >= 11 is 0. The molecule has 1 aromatic rings. The Morgan fingerprint density at radius 1 is 1.00 bits per heavy atom. The van der Waals surface area contributed by atoms with E-state index in [-0.39, 0.29) is 11.4 Å². The average Bonchev–Trinajstić information content (AvgIpc) is 2.05. The second-order valence-electron chi connectivity index (χ2n) is 2.72. The molecule has 0 fully saturated rings. The summed E-state index contributed by atoms with van der Waals surface area (Å²) in [6, 6.07) is 2.78. The van der Waals surface area contributed by atoms with Gasteiger partial charge in [-0.25, -0.2) is 0 Å². The Labute approximate surface area is 96.7 Å². The summed E-state index contributed by atoms with van der Waals surface area (Å²) in [6.45, 7) is 0. The Kier molecular flexibility index (Phi) is 3.47. The summed E-state index contributed by atoms with van der Waals surface area (Å²) in [5.74, 6) is -0.775. The molecule has 1 aromatic carbocycles. The van der Waals surface area contributed by atoms with Crippen LogP contribution < -0.4 is 14.1 Å². The highest BCUT2D eigenvalue weighted by Crippen LogP contribution is 2.27. The molecule has 0 aliphatic carbocycles. The van der Waals surface area contributed by atoms with E-state index in [0.29, 0.717) is 0 Å². The van der Waals surface area contributed by atoms with Crippen LogP contribution in [0.3, 0.4) is 0 Å². The van der Waals surface area contributed by atoms with Gasteiger partial charge in [-0.2, -0.15) is 16.8 Å². The van der Waals surface area contributed by atoms with E-state index >= 15 is 0 Å². The molecule has 0 amide bonds. The van der Waals surface area contributed by atoms with Crippen LogP contribution in [0.4, 0.5) is 5.69 Å². The number of hydrogen-bond donors (Lipinski definition) is 3. The Hall–Kier alpha value is -1.56. The van der Waals surface area contributed by atoms with E-state index < -0.39 is 26.5 Å². The van der Waals surface area contributed by atoms with E-state index in [4.69, 9.17) is 14.8 Å². The minimum absolute atomic E-state index is 0.316. The number of nitrogens with two attached hydrogens (primary N) is 1. The quantitative estimate of drug-likeness (QED) is 0.496. The third kappa shape index (κ3) is 4.86. The lowest BCUT2D eigenvalue weighted by molar-refractivity contribution is 0.381. The Bertz CT molecular complexity index is 619. The van der Waals surface area contributed by atoms with Gasteiger partial charge >= 0.3 is 20.8 Å². The van der Waals surface area contributed by atoms with Crippen molar-refractivity contribution >= 4 is 26.5 Å². The lowest BCUT2D eigenvalue weighted by Gasteiger charge is -2.06. The van der Waals surface area contributed by atoms with E-state index in [9.17, 15) is 16.8 Å². The SMILES string of the molecule is Nc1cc(OS(=O)(=O)O)ccc1OS(=O)(=O)O. The molecule has 0 heterocycles. The number of anilines is 1. The lowest BCUT2D eigenvalue weighted by Crippen LogP contribution is -2.09. The van der Waals surface area contributed by atoms with Gasteiger partial charge in [0.15, 0.2) is 5.75 Å². The van der Waals surface area contributed by atoms with Crippen LogP contribution >= 0.6 is 0 Å². The van der Waals surface area contributed by atoms with E-state index in [2.05, 4.69) is 8.37 Å². The largest absolute Gasteiger partial charge is 0.446 e.